The van der Waals surface area contributed by atoms with Crippen molar-refractivity contribution in [3.63, 3.8) is 0 Å². The number of rotatable bonds is 3. The summed E-state index contributed by atoms with van der Waals surface area (Å²) in [5.41, 5.74) is 1.22. The summed E-state index contributed by atoms with van der Waals surface area (Å²) in [6.07, 6.45) is 3.71. The minimum atomic E-state index is -1.06. The minimum Gasteiger partial charge on any atom is -0.478 e. The average Bonchev–Trinajstić information content (AvgIpc) is 2.67. The van der Waals surface area contributed by atoms with E-state index < -0.39 is 5.97 Å². The number of hydrogen-bond donors (Lipinski definition) is 1. The maximum atomic E-state index is 11.1. The SMILES string of the molecule is CCc1nn(-c2ccncc2)c(Cl)c1C(=O)O. The highest BCUT2D eigenvalue weighted by Gasteiger charge is 2.21. The predicted octanol–water partition coefficient (Wildman–Crippen LogP) is 2.18. The molecule has 0 aromatic carbocycles. The fourth-order valence-corrected chi connectivity index (χ4v) is 1.88. The van der Waals surface area contributed by atoms with Gasteiger partial charge in [-0.3, -0.25) is 4.98 Å². The zero-order chi connectivity index (χ0) is 12.4. The summed E-state index contributed by atoms with van der Waals surface area (Å²) in [5.74, 6) is -1.06. The van der Waals surface area contributed by atoms with Crippen molar-refractivity contribution < 1.29 is 9.90 Å². The van der Waals surface area contributed by atoms with Gasteiger partial charge in [-0.1, -0.05) is 18.5 Å². The van der Waals surface area contributed by atoms with Gasteiger partial charge in [0.2, 0.25) is 0 Å². The Hall–Kier alpha value is -1.88. The molecule has 5 nitrogen and oxygen atoms in total. The number of hydrogen-bond acceptors (Lipinski definition) is 3. The molecule has 2 rings (SSSR count). The third-order valence-corrected chi connectivity index (χ3v) is 2.71. The van der Waals surface area contributed by atoms with Crippen LogP contribution in [0.3, 0.4) is 0 Å². The van der Waals surface area contributed by atoms with Crippen LogP contribution in [-0.4, -0.2) is 25.8 Å². The fourth-order valence-electron chi connectivity index (χ4n) is 1.56. The van der Waals surface area contributed by atoms with Gasteiger partial charge in [0.05, 0.1) is 11.4 Å². The van der Waals surface area contributed by atoms with Crippen molar-refractivity contribution in [3.8, 4) is 5.69 Å². The first kappa shape index (κ1) is 11.6. The lowest BCUT2D eigenvalue weighted by molar-refractivity contribution is 0.0696. The van der Waals surface area contributed by atoms with Crippen LogP contribution in [0.15, 0.2) is 24.5 Å². The van der Waals surface area contributed by atoms with Crippen LogP contribution in [0.5, 0.6) is 0 Å². The van der Waals surface area contributed by atoms with E-state index in [9.17, 15) is 4.79 Å². The molecule has 6 heteroatoms. The van der Waals surface area contributed by atoms with Crippen molar-refractivity contribution in [1.82, 2.24) is 14.8 Å². The lowest BCUT2D eigenvalue weighted by atomic mass is 10.2. The minimum absolute atomic E-state index is 0.0611. The molecule has 17 heavy (non-hydrogen) atoms. The topological polar surface area (TPSA) is 68.0 Å². The lowest BCUT2D eigenvalue weighted by Gasteiger charge is -2.01. The largest absolute Gasteiger partial charge is 0.478 e. The van der Waals surface area contributed by atoms with E-state index in [2.05, 4.69) is 10.1 Å². The van der Waals surface area contributed by atoms with E-state index in [1.807, 2.05) is 6.92 Å². The molecule has 88 valence electrons. The van der Waals surface area contributed by atoms with E-state index in [1.54, 1.807) is 24.5 Å². The Labute approximate surface area is 103 Å². The molecule has 0 saturated carbocycles. The number of halogens is 1. The standard InChI is InChI=1S/C11H10ClN3O2/c1-2-8-9(11(16)17)10(12)15(14-8)7-3-5-13-6-4-7/h3-6H,2H2,1H3,(H,16,17). The van der Waals surface area contributed by atoms with Crippen LogP contribution in [-0.2, 0) is 6.42 Å². The average molecular weight is 252 g/mol. The Bertz CT molecular complexity index is 551. The van der Waals surface area contributed by atoms with Crippen LogP contribution in [0.25, 0.3) is 5.69 Å². The fraction of sp³-hybridized carbons (Fsp3) is 0.182. The molecule has 0 aliphatic carbocycles. The van der Waals surface area contributed by atoms with Crippen molar-refractivity contribution in [1.29, 1.82) is 0 Å². The van der Waals surface area contributed by atoms with Crippen LogP contribution in [0, 0.1) is 0 Å². The molecule has 0 radical (unpaired) electrons. The highest BCUT2D eigenvalue weighted by Crippen LogP contribution is 2.23. The first-order chi connectivity index (χ1) is 8.15. The van der Waals surface area contributed by atoms with Gasteiger partial charge in [-0.25, -0.2) is 9.48 Å². The van der Waals surface area contributed by atoms with E-state index >= 15 is 0 Å². The molecule has 0 aliphatic heterocycles. The molecule has 0 bridgehead atoms. The van der Waals surface area contributed by atoms with Gasteiger partial charge in [0, 0.05) is 12.4 Å². The first-order valence-electron chi connectivity index (χ1n) is 5.06. The number of aromatic carboxylic acids is 1. The summed E-state index contributed by atoms with van der Waals surface area (Å²) in [6.45, 7) is 1.84. The Balaban J connectivity index is 2.61. The molecule has 0 atom stereocenters. The summed E-state index contributed by atoms with van der Waals surface area (Å²) in [6, 6.07) is 3.42. The van der Waals surface area contributed by atoms with Crippen LogP contribution >= 0.6 is 11.6 Å². The summed E-state index contributed by atoms with van der Waals surface area (Å²) >= 11 is 6.04. The van der Waals surface area contributed by atoms with Crippen LogP contribution in [0.2, 0.25) is 5.15 Å². The van der Waals surface area contributed by atoms with Crippen LogP contribution in [0.1, 0.15) is 23.0 Å². The monoisotopic (exact) mass is 251 g/mol. The van der Waals surface area contributed by atoms with Gasteiger partial charge in [-0.15, -0.1) is 0 Å². The summed E-state index contributed by atoms with van der Waals surface area (Å²) in [7, 11) is 0. The van der Waals surface area contributed by atoms with Crippen LogP contribution in [0.4, 0.5) is 0 Å². The number of carboxylic acids is 1. The molecule has 0 saturated heterocycles. The van der Waals surface area contributed by atoms with Crippen LogP contribution < -0.4 is 0 Å². The lowest BCUT2D eigenvalue weighted by Crippen LogP contribution is -2.00. The molecule has 0 aliphatic rings. The summed E-state index contributed by atoms with van der Waals surface area (Å²) < 4.78 is 1.41. The molecule has 0 spiro atoms. The number of pyridine rings is 1. The third-order valence-electron chi connectivity index (χ3n) is 2.36. The smallest absolute Gasteiger partial charge is 0.340 e. The maximum absolute atomic E-state index is 11.1. The van der Waals surface area contributed by atoms with Crippen molar-refractivity contribution in [3.05, 3.63) is 40.9 Å². The van der Waals surface area contributed by atoms with Crippen molar-refractivity contribution in [2.24, 2.45) is 0 Å². The highest BCUT2D eigenvalue weighted by atomic mass is 35.5. The molecule has 2 aromatic heterocycles. The van der Waals surface area contributed by atoms with Gasteiger partial charge in [-0.2, -0.15) is 5.10 Å². The Morgan fingerprint density at radius 3 is 2.59 bits per heavy atom. The van der Waals surface area contributed by atoms with E-state index in [0.29, 0.717) is 17.8 Å². The molecule has 1 N–H and O–H groups in total. The van der Waals surface area contributed by atoms with Gasteiger partial charge >= 0.3 is 5.97 Å². The zero-order valence-corrected chi connectivity index (χ0v) is 9.85. The maximum Gasteiger partial charge on any atom is 0.340 e. The molecular formula is C11H10ClN3O2. The van der Waals surface area contributed by atoms with Crippen molar-refractivity contribution in [2.75, 3.05) is 0 Å². The number of aromatic nitrogens is 3. The van der Waals surface area contributed by atoms with Gasteiger partial charge < -0.3 is 5.11 Å². The van der Waals surface area contributed by atoms with E-state index in [4.69, 9.17) is 16.7 Å². The Morgan fingerprint density at radius 2 is 2.12 bits per heavy atom. The highest BCUT2D eigenvalue weighted by molar-refractivity contribution is 6.32. The second kappa shape index (κ2) is 4.55. The Morgan fingerprint density at radius 1 is 1.47 bits per heavy atom. The normalized spacial score (nSPS) is 10.5. The number of aryl methyl sites for hydroxylation is 1. The van der Waals surface area contributed by atoms with Crippen molar-refractivity contribution >= 4 is 17.6 Å². The molecular weight excluding hydrogens is 242 g/mol. The van der Waals surface area contributed by atoms with E-state index in [0.717, 1.165) is 0 Å². The van der Waals surface area contributed by atoms with E-state index in [1.165, 1.54) is 4.68 Å². The second-order valence-corrected chi connectivity index (χ2v) is 3.75. The summed E-state index contributed by atoms with van der Waals surface area (Å²) in [4.78, 5) is 15.0. The number of carboxylic acid groups (broad SMARTS) is 1. The third kappa shape index (κ3) is 2.01. The molecule has 2 heterocycles. The quantitative estimate of drug-likeness (QED) is 0.908. The second-order valence-electron chi connectivity index (χ2n) is 3.39. The van der Waals surface area contributed by atoms with Gasteiger partial charge in [0.15, 0.2) is 0 Å². The summed E-state index contributed by atoms with van der Waals surface area (Å²) in [5, 5.41) is 13.4. The predicted molar refractivity (Wildman–Crippen MR) is 62.7 cm³/mol. The molecule has 0 amide bonds. The molecule has 0 fully saturated rings. The van der Waals surface area contributed by atoms with Gasteiger partial charge in [0.1, 0.15) is 10.7 Å². The number of carbonyl (C=O) groups is 1. The van der Waals surface area contributed by atoms with E-state index in [-0.39, 0.29) is 10.7 Å². The first-order valence-corrected chi connectivity index (χ1v) is 5.44. The zero-order valence-electron chi connectivity index (χ0n) is 9.09. The molecule has 0 unspecified atom stereocenters. The van der Waals surface area contributed by atoms with Crippen molar-refractivity contribution in [2.45, 2.75) is 13.3 Å². The van der Waals surface area contributed by atoms with Gasteiger partial charge in [0.25, 0.3) is 0 Å². The Kier molecular flexibility index (Phi) is 3.10. The number of nitrogens with zero attached hydrogens (tertiary/aromatic N) is 3. The van der Waals surface area contributed by atoms with Gasteiger partial charge in [-0.05, 0) is 18.6 Å². The molecule has 2 aromatic rings.